The third-order valence-electron chi connectivity index (χ3n) is 3.72. The molecule has 1 atom stereocenters. The van der Waals surface area contributed by atoms with Crippen molar-refractivity contribution in [2.24, 2.45) is 0 Å². The van der Waals surface area contributed by atoms with Crippen LogP contribution in [0.4, 0.5) is 5.69 Å². The Bertz CT molecular complexity index is 774. The Kier molecular flexibility index (Phi) is 4.09. The number of anilines is 1. The fourth-order valence-electron chi connectivity index (χ4n) is 2.44. The number of hydrogen-bond donors (Lipinski definition) is 2. The molecule has 0 bridgehead atoms. The molecule has 2 N–H and O–H groups in total. The number of amides is 2. The topological polar surface area (TPSA) is 61.4 Å². The zero-order chi connectivity index (χ0) is 16.6. The second kappa shape index (κ2) is 6.04. The lowest BCUT2D eigenvalue weighted by atomic mass is 10.1. The van der Waals surface area contributed by atoms with E-state index in [0.717, 1.165) is 15.7 Å². The number of carbonyl (C=O) groups excluding carboxylic acids is 2. The summed E-state index contributed by atoms with van der Waals surface area (Å²) >= 11 is 3.36. The van der Waals surface area contributed by atoms with Crippen LogP contribution < -0.4 is 10.7 Å². The lowest BCUT2D eigenvalue weighted by molar-refractivity contribution is 0.0510. The largest absolute Gasteiger partial charge is 0.363 e. The molecule has 0 saturated heterocycles. The van der Waals surface area contributed by atoms with Gasteiger partial charge in [-0.3, -0.25) is 15.0 Å². The van der Waals surface area contributed by atoms with Crippen molar-refractivity contribution in [1.29, 1.82) is 0 Å². The van der Waals surface area contributed by atoms with Crippen molar-refractivity contribution in [1.82, 2.24) is 10.4 Å². The van der Waals surface area contributed by atoms with Crippen LogP contribution >= 0.6 is 15.9 Å². The third-order valence-corrected chi connectivity index (χ3v) is 4.21. The highest BCUT2D eigenvalue weighted by atomic mass is 79.9. The van der Waals surface area contributed by atoms with E-state index in [1.807, 2.05) is 38.1 Å². The van der Waals surface area contributed by atoms with E-state index in [-0.39, 0.29) is 18.0 Å². The van der Waals surface area contributed by atoms with Crippen LogP contribution in [0.5, 0.6) is 0 Å². The molecule has 118 valence electrons. The van der Waals surface area contributed by atoms with Gasteiger partial charge in [0.05, 0.1) is 5.56 Å². The lowest BCUT2D eigenvalue weighted by Gasteiger charge is -2.35. The van der Waals surface area contributed by atoms with Gasteiger partial charge in [0, 0.05) is 15.7 Å². The second-order valence-electron chi connectivity index (χ2n) is 5.49. The standard InChI is InChI=1S/C17H16BrN3O2/c1-10-3-5-12(6-4-10)16(22)20-21-11(2)19-15-8-7-13(18)9-14(15)17(21)23/h3-9,11,19H,1-2H3,(H,20,22). The number of rotatable bonds is 2. The summed E-state index contributed by atoms with van der Waals surface area (Å²) in [5.41, 5.74) is 5.54. The summed E-state index contributed by atoms with van der Waals surface area (Å²) < 4.78 is 0.811. The molecule has 5 nitrogen and oxygen atoms in total. The maximum Gasteiger partial charge on any atom is 0.276 e. The van der Waals surface area contributed by atoms with Gasteiger partial charge in [-0.1, -0.05) is 33.6 Å². The molecule has 3 rings (SSSR count). The van der Waals surface area contributed by atoms with E-state index in [1.54, 1.807) is 18.2 Å². The summed E-state index contributed by atoms with van der Waals surface area (Å²) in [6, 6.07) is 12.6. The van der Waals surface area contributed by atoms with Crippen LogP contribution in [0.2, 0.25) is 0 Å². The van der Waals surface area contributed by atoms with Crippen molar-refractivity contribution in [3.63, 3.8) is 0 Å². The van der Waals surface area contributed by atoms with Crippen LogP contribution in [0, 0.1) is 6.92 Å². The number of benzene rings is 2. The average molecular weight is 374 g/mol. The van der Waals surface area contributed by atoms with Gasteiger partial charge < -0.3 is 5.32 Å². The van der Waals surface area contributed by atoms with E-state index >= 15 is 0 Å². The zero-order valence-corrected chi connectivity index (χ0v) is 14.3. The van der Waals surface area contributed by atoms with Gasteiger partial charge in [-0.15, -0.1) is 0 Å². The molecule has 0 spiro atoms. The van der Waals surface area contributed by atoms with Crippen molar-refractivity contribution >= 4 is 33.4 Å². The highest BCUT2D eigenvalue weighted by molar-refractivity contribution is 9.10. The summed E-state index contributed by atoms with van der Waals surface area (Å²) in [6.45, 7) is 3.77. The van der Waals surface area contributed by atoms with Crippen molar-refractivity contribution < 1.29 is 9.59 Å². The molecule has 0 radical (unpaired) electrons. The molecular formula is C17H16BrN3O2. The lowest BCUT2D eigenvalue weighted by Crippen LogP contribution is -2.56. The normalized spacial score (nSPS) is 16.6. The summed E-state index contributed by atoms with van der Waals surface area (Å²) in [4.78, 5) is 25.0. The van der Waals surface area contributed by atoms with E-state index in [4.69, 9.17) is 0 Å². The van der Waals surface area contributed by atoms with Gasteiger partial charge in [0.1, 0.15) is 6.17 Å². The molecule has 0 fully saturated rings. The minimum absolute atomic E-state index is 0.243. The SMILES string of the molecule is Cc1ccc(C(=O)NN2C(=O)c3cc(Br)ccc3NC2C)cc1. The summed E-state index contributed by atoms with van der Waals surface area (Å²) in [5, 5.41) is 4.52. The molecule has 1 unspecified atom stereocenters. The Balaban J connectivity index is 1.84. The monoisotopic (exact) mass is 373 g/mol. The molecule has 2 aromatic rings. The molecule has 1 aliphatic heterocycles. The van der Waals surface area contributed by atoms with Crippen LogP contribution in [0.1, 0.15) is 33.2 Å². The fraction of sp³-hybridized carbons (Fsp3) is 0.176. The van der Waals surface area contributed by atoms with Crippen molar-refractivity contribution in [2.75, 3.05) is 5.32 Å². The first-order chi connectivity index (χ1) is 11.0. The molecule has 2 amide bonds. The van der Waals surface area contributed by atoms with Gasteiger partial charge in [0.2, 0.25) is 0 Å². The first-order valence-corrected chi connectivity index (χ1v) is 8.02. The number of nitrogens with zero attached hydrogens (tertiary/aromatic N) is 1. The van der Waals surface area contributed by atoms with E-state index in [2.05, 4.69) is 26.7 Å². The van der Waals surface area contributed by atoms with Gasteiger partial charge >= 0.3 is 0 Å². The van der Waals surface area contributed by atoms with Gasteiger partial charge in [-0.05, 0) is 44.2 Å². The van der Waals surface area contributed by atoms with Crippen LogP contribution in [0.3, 0.4) is 0 Å². The maximum absolute atomic E-state index is 12.7. The number of carbonyl (C=O) groups is 2. The highest BCUT2D eigenvalue weighted by Crippen LogP contribution is 2.27. The molecule has 23 heavy (non-hydrogen) atoms. The molecule has 0 aromatic heterocycles. The van der Waals surface area contributed by atoms with Gasteiger partial charge in [-0.2, -0.15) is 0 Å². The molecule has 0 saturated carbocycles. The van der Waals surface area contributed by atoms with Crippen LogP contribution in [-0.2, 0) is 0 Å². The van der Waals surface area contributed by atoms with Crippen molar-refractivity contribution in [3.8, 4) is 0 Å². The van der Waals surface area contributed by atoms with E-state index in [1.165, 1.54) is 5.01 Å². The van der Waals surface area contributed by atoms with E-state index in [0.29, 0.717) is 11.1 Å². The Hall–Kier alpha value is -2.34. The van der Waals surface area contributed by atoms with Gasteiger partial charge in [-0.25, -0.2) is 5.01 Å². The fourth-order valence-corrected chi connectivity index (χ4v) is 2.80. The summed E-state index contributed by atoms with van der Waals surface area (Å²) in [7, 11) is 0. The first-order valence-electron chi connectivity index (χ1n) is 7.23. The smallest absolute Gasteiger partial charge is 0.276 e. The first kappa shape index (κ1) is 15.6. The maximum atomic E-state index is 12.7. The number of nitrogens with one attached hydrogen (secondary N) is 2. The Labute approximate surface area is 142 Å². The van der Waals surface area contributed by atoms with E-state index < -0.39 is 0 Å². The molecule has 1 aliphatic rings. The number of halogens is 1. The quantitative estimate of drug-likeness (QED) is 0.848. The zero-order valence-electron chi connectivity index (χ0n) is 12.8. The summed E-state index contributed by atoms with van der Waals surface area (Å²) in [6.07, 6.45) is -0.342. The van der Waals surface area contributed by atoms with Crippen LogP contribution in [-0.4, -0.2) is 23.0 Å². The minimum Gasteiger partial charge on any atom is -0.363 e. The Morgan fingerprint density at radius 2 is 1.91 bits per heavy atom. The number of hydrazine groups is 1. The molecule has 1 heterocycles. The Morgan fingerprint density at radius 1 is 1.22 bits per heavy atom. The average Bonchev–Trinajstić information content (AvgIpc) is 2.53. The minimum atomic E-state index is -0.342. The summed E-state index contributed by atoms with van der Waals surface area (Å²) in [5.74, 6) is -0.557. The predicted molar refractivity (Wildman–Crippen MR) is 92.0 cm³/mol. The van der Waals surface area contributed by atoms with Crippen LogP contribution in [0.25, 0.3) is 0 Å². The van der Waals surface area contributed by atoms with Gasteiger partial charge in [0.15, 0.2) is 0 Å². The number of hydrogen-bond acceptors (Lipinski definition) is 3. The Morgan fingerprint density at radius 3 is 2.61 bits per heavy atom. The van der Waals surface area contributed by atoms with E-state index in [9.17, 15) is 9.59 Å². The van der Waals surface area contributed by atoms with Gasteiger partial charge in [0.25, 0.3) is 11.8 Å². The van der Waals surface area contributed by atoms with Crippen molar-refractivity contribution in [2.45, 2.75) is 20.0 Å². The number of fused-ring (bicyclic) bond motifs is 1. The second-order valence-corrected chi connectivity index (χ2v) is 6.41. The van der Waals surface area contributed by atoms with Crippen molar-refractivity contribution in [3.05, 3.63) is 63.6 Å². The van der Waals surface area contributed by atoms with Crippen LogP contribution in [0.15, 0.2) is 46.9 Å². The molecule has 0 aliphatic carbocycles. The number of aryl methyl sites for hydroxylation is 1. The molecule has 2 aromatic carbocycles. The molecule has 6 heteroatoms. The highest BCUT2D eigenvalue weighted by Gasteiger charge is 2.31. The third kappa shape index (κ3) is 3.07. The molecular weight excluding hydrogens is 358 g/mol. The predicted octanol–water partition coefficient (Wildman–Crippen LogP) is 3.32.